The van der Waals surface area contributed by atoms with Crippen LogP contribution in [0.1, 0.15) is 27.2 Å². The van der Waals surface area contributed by atoms with Crippen LogP contribution in [0.3, 0.4) is 0 Å². The normalized spacial score (nSPS) is 12.7. The Morgan fingerprint density at radius 2 is 1.85 bits per heavy atom. The second-order valence-electron chi connectivity index (χ2n) is 5.96. The van der Waals surface area contributed by atoms with E-state index in [0.29, 0.717) is 11.5 Å². The molecule has 3 N–H and O–H groups in total. The molecule has 0 radical (unpaired) electrons. The van der Waals surface area contributed by atoms with Crippen molar-refractivity contribution in [3.63, 3.8) is 0 Å². The summed E-state index contributed by atoms with van der Waals surface area (Å²) in [6.07, 6.45) is 0.272. The van der Waals surface area contributed by atoms with Crippen LogP contribution in [-0.2, 0) is 0 Å². The van der Waals surface area contributed by atoms with Gasteiger partial charge < -0.3 is 20.6 Å². The largest absolute Gasteiger partial charge is 0.393 e. The first kappa shape index (κ1) is 16.7. The molecular weight excluding hydrogens is 270 g/mol. The topological polar surface area (TPSA) is 47.5 Å². The summed E-state index contributed by atoms with van der Waals surface area (Å²) in [6.45, 7) is 5.81. The Kier molecular flexibility index (Phi) is 5.77. The average Bonchev–Trinajstić information content (AvgIpc) is 2.26. The summed E-state index contributed by atoms with van der Waals surface area (Å²) in [6, 6.07) is 8.05. The van der Waals surface area contributed by atoms with Crippen LogP contribution < -0.4 is 15.5 Å². The summed E-state index contributed by atoms with van der Waals surface area (Å²) >= 11 is 5.31. The summed E-state index contributed by atoms with van der Waals surface area (Å²) in [4.78, 5) is 2.05. The van der Waals surface area contributed by atoms with Crippen molar-refractivity contribution >= 4 is 28.7 Å². The van der Waals surface area contributed by atoms with Gasteiger partial charge in [-0.25, -0.2) is 0 Å². The summed E-state index contributed by atoms with van der Waals surface area (Å²) < 4.78 is 0. The first-order chi connectivity index (χ1) is 9.19. The Morgan fingerprint density at radius 3 is 2.30 bits per heavy atom. The Labute approximate surface area is 127 Å². The lowest BCUT2D eigenvalue weighted by Gasteiger charge is -2.29. The smallest absolute Gasteiger partial charge is 0.171 e. The van der Waals surface area contributed by atoms with Crippen molar-refractivity contribution in [2.45, 2.75) is 38.8 Å². The first-order valence-electron chi connectivity index (χ1n) is 6.74. The van der Waals surface area contributed by atoms with Gasteiger partial charge in [0.25, 0.3) is 0 Å². The zero-order valence-corrected chi connectivity index (χ0v) is 13.7. The van der Waals surface area contributed by atoms with Crippen molar-refractivity contribution in [3.05, 3.63) is 24.3 Å². The maximum absolute atomic E-state index is 9.46. The number of rotatable bonds is 5. The lowest BCUT2D eigenvalue weighted by atomic mass is 9.98. The molecule has 5 heteroatoms. The highest BCUT2D eigenvalue weighted by Gasteiger charge is 2.20. The van der Waals surface area contributed by atoms with E-state index in [1.54, 1.807) is 6.92 Å². The van der Waals surface area contributed by atoms with Gasteiger partial charge in [0.05, 0.1) is 6.10 Å². The zero-order chi connectivity index (χ0) is 15.3. The third-order valence-electron chi connectivity index (χ3n) is 2.90. The molecule has 1 aromatic rings. The van der Waals surface area contributed by atoms with E-state index in [0.717, 1.165) is 11.4 Å². The van der Waals surface area contributed by atoms with Gasteiger partial charge in [0.1, 0.15) is 0 Å². The second kappa shape index (κ2) is 6.90. The van der Waals surface area contributed by atoms with E-state index in [1.807, 2.05) is 57.1 Å². The molecule has 0 aromatic heterocycles. The second-order valence-corrected chi connectivity index (χ2v) is 6.37. The van der Waals surface area contributed by atoms with Gasteiger partial charge in [-0.05, 0) is 63.7 Å². The van der Waals surface area contributed by atoms with Gasteiger partial charge in [0.15, 0.2) is 5.11 Å². The van der Waals surface area contributed by atoms with Crippen LogP contribution in [0.25, 0.3) is 0 Å². The minimum absolute atomic E-state index is 0.248. The molecule has 0 saturated heterocycles. The van der Waals surface area contributed by atoms with Gasteiger partial charge in [-0.15, -0.1) is 0 Å². The van der Waals surface area contributed by atoms with Gasteiger partial charge in [-0.1, -0.05) is 0 Å². The van der Waals surface area contributed by atoms with Gasteiger partial charge in [0.2, 0.25) is 0 Å². The highest BCUT2D eigenvalue weighted by atomic mass is 32.1. The number of aliphatic hydroxyl groups is 1. The molecule has 0 spiro atoms. The molecule has 0 saturated carbocycles. The number of anilines is 2. The SMILES string of the molecule is C[C@H](O)CC(C)(C)NC(=S)Nc1ccc(N(C)C)cc1. The quantitative estimate of drug-likeness (QED) is 0.729. The van der Waals surface area contributed by atoms with Crippen LogP contribution >= 0.6 is 12.2 Å². The fraction of sp³-hybridized carbons (Fsp3) is 0.533. The Hall–Kier alpha value is -1.33. The molecule has 0 aliphatic heterocycles. The third-order valence-corrected chi connectivity index (χ3v) is 3.10. The van der Waals surface area contributed by atoms with Gasteiger partial charge in [-0.2, -0.15) is 0 Å². The van der Waals surface area contributed by atoms with Crippen molar-refractivity contribution < 1.29 is 5.11 Å². The molecule has 0 fully saturated rings. The first-order valence-corrected chi connectivity index (χ1v) is 7.15. The number of hydrogen-bond donors (Lipinski definition) is 3. The van der Waals surface area contributed by atoms with E-state index < -0.39 is 0 Å². The number of nitrogens with one attached hydrogen (secondary N) is 2. The third kappa shape index (κ3) is 5.75. The van der Waals surface area contributed by atoms with Crippen LogP contribution in [0, 0.1) is 0 Å². The summed E-state index contributed by atoms with van der Waals surface area (Å²) in [7, 11) is 4.01. The number of nitrogens with zero attached hydrogens (tertiary/aromatic N) is 1. The van der Waals surface area contributed by atoms with Crippen molar-refractivity contribution in [2.75, 3.05) is 24.3 Å². The van der Waals surface area contributed by atoms with Crippen molar-refractivity contribution in [1.82, 2.24) is 5.32 Å². The fourth-order valence-corrected chi connectivity index (χ4v) is 2.50. The van der Waals surface area contributed by atoms with Crippen LogP contribution in [0.2, 0.25) is 0 Å². The maximum Gasteiger partial charge on any atom is 0.171 e. The van der Waals surface area contributed by atoms with Crippen molar-refractivity contribution in [2.24, 2.45) is 0 Å². The van der Waals surface area contributed by atoms with E-state index in [2.05, 4.69) is 10.6 Å². The zero-order valence-electron chi connectivity index (χ0n) is 12.9. The molecule has 1 atom stereocenters. The maximum atomic E-state index is 9.46. The van der Waals surface area contributed by atoms with E-state index in [4.69, 9.17) is 12.2 Å². The molecule has 4 nitrogen and oxygen atoms in total. The molecule has 1 rings (SSSR count). The molecular formula is C15H25N3OS. The fourth-order valence-electron chi connectivity index (χ4n) is 2.10. The molecule has 0 bridgehead atoms. The Balaban J connectivity index is 2.58. The van der Waals surface area contributed by atoms with E-state index in [1.165, 1.54) is 0 Å². The molecule has 112 valence electrons. The molecule has 0 unspecified atom stereocenters. The highest BCUT2D eigenvalue weighted by Crippen LogP contribution is 2.16. The monoisotopic (exact) mass is 295 g/mol. The average molecular weight is 295 g/mol. The molecule has 0 aliphatic rings. The standard InChI is InChI=1S/C15H25N3OS/c1-11(19)10-15(2,3)17-14(20)16-12-6-8-13(9-7-12)18(4)5/h6-9,11,19H,10H2,1-5H3,(H2,16,17,20)/t11-/m0/s1. The number of benzene rings is 1. The van der Waals surface area contributed by atoms with Crippen LogP contribution in [0.4, 0.5) is 11.4 Å². The minimum Gasteiger partial charge on any atom is -0.393 e. The number of hydrogen-bond acceptors (Lipinski definition) is 3. The number of aliphatic hydroxyl groups excluding tert-OH is 1. The van der Waals surface area contributed by atoms with Gasteiger partial charge >= 0.3 is 0 Å². The van der Waals surface area contributed by atoms with Gasteiger partial charge in [0, 0.05) is 31.0 Å². The van der Waals surface area contributed by atoms with E-state index in [9.17, 15) is 5.11 Å². The Bertz CT molecular complexity index is 441. The predicted octanol–water partition coefficient (Wildman–Crippen LogP) is 2.59. The summed E-state index contributed by atoms with van der Waals surface area (Å²) in [5.41, 5.74) is 1.84. The van der Waals surface area contributed by atoms with Crippen LogP contribution in [0.5, 0.6) is 0 Å². The minimum atomic E-state index is -0.361. The summed E-state index contributed by atoms with van der Waals surface area (Å²) in [5, 5.41) is 16.4. The van der Waals surface area contributed by atoms with Gasteiger partial charge in [-0.3, -0.25) is 0 Å². The highest BCUT2D eigenvalue weighted by molar-refractivity contribution is 7.80. The van der Waals surface area contributed by atoms with Crippen LogP contribution in [-0.4, -0.2) is 36.0 Å². The van der Waals surface area contributed by atoms with E-state index >= 15 is 0 Å². The summed E-state index contributed by atoms with van der Waals surface area (Å²) in [5.74, 6) is 0. The predicted molar refractivity (Wildman–Crippen MR) is 90.5 cm³/mol. The molecule has 0 amide bonds. The Morgan fingerprint density at radius 1 is 1.30 bits per heavy atom. The molecule has 1 aromatic carbocycles. The molecule has 20 heavy (non-hydrogen) atoms. The van der Waals surface area contributed by atoms with Crippen molar-refractivity contribution in [3.8, 4) is 0 Å². The lowest BCUT2D eigenvalue weighted by molar-refractivity contribution is 0.153. The van der Waals surface area contributed by atoms with Crippen LogP contribution in [0.15, 0.2) is 24.3 Å². The molecule has 0 aliphatic carbocycles. The van der Waals surface area contributed by atoms with E-state index in [-0.39, 0.29) is 11.6 Å². The molecule has 0 heterocycles. The lowest BCUT2D eigenvalue weighted by Crippen LogP contribution is -2.47. The van der Waals surface area contributed by atoms with Crippen molar-refractivity contribution in [1.29, 1.82) is 0 Å². The number of thiocarbonyl (C=S) groups is 1.